The fourth-order valence-corrected chi connectivity index (χ4v) is 2.43. The van der Waals surface area contributed by atoms with Crippen molar-refractivity contribution in [3.8, 4) is 6.07 Å². The molecule has 0 saturated heterocycles. The van der Waals surface area contributed by atoms with Crippen LogP contribution in [0.2, 0.25) is 5.02 Å². The van der Waals surface area contributed by atoms with Gasteiger partial charge in [0, 0.05) is 6.20 Å². The number of benzene rings is 1. The summed E-state index contributed by atoms with van der Waals surface area (Å²) < 4.78 is 1.82. The quantitative estimate of drug-likeness (QED) is 0.606. The zero-order chi connectivity index (χ0) is 16.4. The van der Waals surface area contributed by atoms with E-state index in [9.17, 15) is 0 Å². The summed E-state index contributed by atoms with van der Waals surface area (Å²) in [7, 11) is 0. The lowest BCUT2D eigenvalue weighted by Crippen LogP contribution is -1.87. The molecule has 3 aromatic rings. The molecule has 0 aliphatic carbocycles. The first kappa shape index (κ1) is 15.2. The molecule has 2 heterocycles. The highest BCUT2D eigenvalue weighted by Gasteiger charge is 2.15. The first-order chi connectivity index (χ1) is 11.1. The SMILES string of the molecule is CC(C)c1nc2ccc(Cl)cn2c1N=Nc1ccccc1C#N. The number of halogens is 1. The molecule has 5 nitrogen and oxygen atoms in total. The van der Waals surface area contributed by atoms with Gasteiger partial charge < -0.3 is 0 Å². The van der Waals surface area contributed by atoms with Crippen LogP contribution in [0, 0.1) is 11.3 Å². The van der Waals surface area contributed by atoms with Gasteiger partial charge in [0.05, 0.1) is 16.3 Å². The van der Waals surface area contributed by atoms with Crippen LogP contribution in [0.4, 0.5) is 11.5 Å². The van der Waals surface area contributed by atoms with Crippen molar-refractivity contribution < 1.29 is 0 Å². The van der Waals surface area contributed by atoms with Crippen molar-refractivity contribution >= 4 is 28.8 Å². The van der Waals surface area contributed by atoms with Gasteiger partial charge in [-0.1, -0.05) is 37.6 Å². The molecule has 23 heavy (non-hydrogen) atoms. The standard InChI is InChI=1S/C17H14ClN5/c1-11(2)16-17(23-10-13(18)7-8-15(23)20-16)22-21-14-6-4-3-5-12(14)9-19/h3-8,10-11H,1-2H3. The van der Waals surface area contributed by atoms with Crippen LogP contribution in [0.25, 0.3) is 5.65 Å². The fraction of sp³-hybridized carbons (Fsp3) is 0.176. The molecule has 0 aliphatic heterocycles. The summed E-state index contributed by atoms with van der Waals surface area (Å²) in [6, 6.07) is 12.8. The van der Waals surface area contributed by atoms with Gasteiger partial charge in [0.25, 0.3) is 0 Å². The molecule has 0 atom stereocenters. The van der Waals surface area contributed by atoms with Gasteiger partial charge in [-0.2, -0.15) is 5.26 Å². The largest absolute Gasteiger partial charge is 0.281 e. The van der Waals surface area contributed by atoms with Crippen LogP contribution in [-0.2, 0) is 0 Å². The molecule has 6 heteroatoms. The van der Waals surface area contributed by atoms with Gasteiger partial charge in [-0.3, -0.25) is 4.40 Å². The second kappa shape index (κ2) is 6.19. The minimum Gasteiger partial charge on any atom is -0.281 e. The van der Waals surface area contributed by atoms with Crippen molar-refractivity contribution in [1.29, 1.82) is 5.26 Å². The summed E-state index contributed by atoms with van der Waals surface area (Å²) in [4.78, 5) is 4.59. The third kappa shape index (κ3) is 2.94. The van der Waals surface area contributed by atoms with E-state index < -0.39 is 0 Å². The van der Waals surface area contributed by atoms with E-state index in [-0.39, 0.29) is 5.92 Å². The molecular formula is C17H14ClN5. The van der Waals surface area contributed by atoms with E-state index in [1.165, 1.54) is 0 Å². The molecule has 114 valence electrons. The van der Waals surface area contributed by atoms with Gasteiger partial charge in [-0.25, -0.2) is 4.98 Å². The van der Waals surface area contributed by atoms with Crippen molar-refractivity contribution in [1.82, 2.24) is 9.38 Å². The third-order valence-electron chi connectivity index (χ3n) is 3.41. The van der Waals surface area contributed by atoms with Crippen LogP contribution in [0.15, 0.2) is 52.8 Å². The minimum atomic E-state index is 0.189. The van der Waals surface area contributed by atoms with E-state index in [0.29, 0.717) is 22.1 Å². The molecule has 0 bridgehead atoms. The average molecular weight is 324 g/mol. The van der Waals surface area contributed by atoms with Gasteiger partial charge in [0.1, 0.15) is 17.4 Å². The molecular weight excluding hydrogens is 310 g/mol. The van der Waals surface area contributed by atoms with Crippen LogP contribution in [0.5, 0.6) is 0 Å². The number of nitriles is 1. The van der Waals surface area contributed by atoms with Crippen LogP contribution in [0.3, 0.4) is 0 Å². The first-order valence-electron chi connectivity index (χ1n) is 7.18. The Labute approximate surface area is 138 Å². The van der Waals surface area contributed by atoms with E-state index in [4.69, 9.17) is 16.9 Å². The first-order valence-corrected chi connectivity index (χ1v) is 7.56. The van der Waals surface area contributed by atoms with Crippen LogP contribution < -0.4 is 0 Å². The normalized spacial score (nSPS) is 11.4. The number of hydrogen-bond acceptors (Lipinski definition) is 4. The zero-order valence-electron chi connectivity index (χ0n) is 12.7. The van der Waals surface area contributed by atoms with E-state index in [1.807, 2.05) is 30.4 Å². The van der Waals surface area contributed by atoms with Gasteiger partial charge in [-0.15, -0.1) is 10.2 Å². The Balaban J connectivity index is 2.15. The van der Waals surface area contributed by atoms with Crippen molar-refractivity contribution in [3.05, 3.63) is 58.9 Å². The molecule has 1 aromatic carbocycles. The molecule has 0 aliphatic rings. The lowest BCUT2D eigenvalue weighted by molar-refractivity contribution is 0.831. The van der Waals surface area contributed by atoms with E-state index in [0.717, 1.165) is 11.3 Å². The molecule has 0 amide bonds. The summed E-state index contributed by atoms with van der Waals surface area (Å²) in [6.07, 6.45) is 1.76. The van der Waals surface area contributed by atoms with Crippen LogP contribution >= 0.6 is 11.6 Å². The molecule has 3 rings (SSSR count). The van der Waals surface area contributed by atoms with Gasteiger partial charge >= 0.3 is 0 Å². The lowest BCUT2D eigenvalue weighted by atomic mass is 10.1. The number of pyridine rings is 1. The second-order valence-electron chi connectivity index (χ2n) is 5.38. The molecule has 0 fully saturated rings. The second-order valence-corrected chi connectivity index (χ2v) is 5.82. The van der Waals surface area contributed by atoms with Crippen LogP contribution in [0.1, 0.15) is 31.0 Å². The summed E-state index contributed by atoms with van der Waals surface area (Å²) in [5.74, 6) is 0.819. The monoisotopic (exact) mass is 323 g/mol. The number of azo groups is 1. The highest BCUT2D eigenvalue weighted by atomic mass is 35.5. The van der Waals surface area contributed by atoms with E-state index in [1.54, 1.807) is 30.5 Å². The van der Waals surface area contributed by atoms with Gasteiger partial charge in [0.2, 0.25) is 0 Å². The van der Waals surface area contributed by atoms with Crippen molar-refractivity contribution in [3.63, 3.8) is 0 Å². The Hall–Kier alpha value is -2.71. The maximum absolute atomic E-state index is 9.14. The zero-order valence-corrected chi connectivity index (χ0v) is 13.5. The molecule has 0 radical (unpaired) electrons. The molecule has 2 aromatic heterocycles. The predicted octanol–water partition coefficient (Wildman–Crippen LogP) is 5.40. The molecule has 0 spiro atoms. The number of aromatic nitrogens is 2. The fourth-order valence-electron chi connectivity index (χ4n) is 2.27. The van der Waals surface area contributed by atoms with Crippen molar-refractivity contribution in [2.24, 2.45) is 10.2 Å². The number of nitrogens with zero attached hydrogens (tertiary/aromatic N) is 5. The Morgan fingerprint density at radius 1 is 1.17 bits per heavy atom. The summed E-state index contributed by atoms with van der Waals surface area (Å²) in [6.45, 7) is 4.09. The number of imidazole rings is 1. The van der Waals surface area contributed by atoms with E-state index in [2.05, 4.69) is 21.3 Å². The van der Waals surface area contributed by atoms with Gasteiger partial charge in [-0.05, 0) is 30.2 Å². The maximum Gasteiger partial charge on any atom is 0.183 e. The summed E-state index contributed by atoms with van der Waals surface area (Å²) >= 11 is 6.08. The maximum atomic E-state index is 9.14. The van der Waals surface area contributed by atoms with Crippen molar-refractivity contribution in [2.45, 2.75) is 19.8 Å². The van der Waals surface area contributed by atoms with E-state index >= 15 is 0 Å². The third-order valence-corrected chi connectivity index (χ3v) is 3.63. The number of rotatable bonds is 3. The average Bonchev–Trinajstić information content (AvgIpc) is 2.91. The van der Waals surface area contributed by atoms with Gasteiger partial charge in [0.15, 0.2) is 5.82 Å². The highest BCUT2D eigenvalue weighted by molar-refractivity contribution is 6.30. The Morgan fingerprint density at radius 2 is 1.96 bits per heavy atom. The summed E-state index contributed by atoms with van der Waals surface area (Å²) in [5, 5.41) is 18.3. The Bertz CT molecular complexity index is 934. The lowest BCUT2D eigenvalue weighted by Gasteiger charge is -2.02. The number of hydrogen-bond donors (Lipinski definition) is 0. The summed E-state index contributed by atoms with van der Waals surface area (Å²) in [5.41, 5.74) is 2.61. The highest BCUT2D eigenvalue weighted by Crippen LogP contribution is 2.30. The Kier molecular flexibility index (Phi) is 4.09. The van der Waals surface area contributed by atoms with Crippen molar-refractivity contribution in [2.75, 3.05) is 0 Å². The topological polar surface area (TPSA) is 65.8 Å². The predicted molar refractivity (Wildman–Crippen MR) is 89.6 cm³/mol. The Morgan fingerprint density at radius 3 is 2.70 bits per heavy atom. The number of fused-ring (bicyclic) bond motifs is 1. The molecule has 0 N–H and O–H groups in total. The molecule has 0 saturated carbocycles. The molecule has 0 unspecified atom stereocenters. The van der Waals surface area contributed by atoms with Crippen LogP contribution in [-0.4, -0.2) is 9.38 Å². The minimum absolute atomic E-state index is 0.189. The smallest absolute Gasteiger partial charge is 0.183 e.